The van der Waals surface area contributed by atoms with Gasteiger partial charge in [-0.2, -0.15) is 5.06 Å². The molecule has 1 aliphatic heterocycles. The van der Waals surface area contributed by atoms with Crippen molar-refractivity contribution in [2.45, 2.75) is 44.7 Å². The normalized spacial score (nSPS) is 27.4. The number of carbonyl (C=O) groups is 2. The van der Waals surface area contributed by atoms with Crippen molar-refractivity contribution in [3.63, 3.8) is 0 Å². The Morgan fingerprint density at radius 3 is 2.41 bits per heavy atom. The molecule has 1 heterocycles. The van der Waals surface area contributed by atoms with Gasteiger partial charge in [-0.1, -0.05) is 13.8 Å². The van der Waals surface area contributed by atoms with E-state index in [4.69, 9.17) is 5.73 Å². The van der Waals surface area contributed by atoms with E-state index < -0.39 is 23.3 Å². The molecule has 0 aromatic rings. The number of carbonyl (C=O) groups excluding carboxylic acids is 1. The summed E-state index contributed by atoms with van der Waals surface area (Å²) in [5.41, 5.74) is 3.89. The monoisotopic (exact) mass is 244 g/mol. The lowest BCUT2D eigenvalue weighted by Crippen LogP contribution is -2.60. The number of hydrogen-bond acceptors (Lipinski definition) is 5. The molecular weight excluding hydrogens is 224 g/mol. The highest BCUT2D eigenvalue weighted by Crippen LogP contribution is 2.30. The summed E-state index contributed by atoms with van der Waals surface area (Å²) in [7, 11) is 0. The van der Waals surface area contributed by atoms with Gasteiger partial charge in [0.15, 0.2) is 5.78 Å². The number of rotatable bonds is 5. The van der Waals surface area contributed by atoms with Gasteiger partial charge in [-0.05, 0) is 25.2 Å². The van der Waals surface area contributed by atoms with Crippen molar-refractivity contribution in [2.75, 3.05) is 6.54 Å². The van der Waals surface area contributed by atoms with Gasteiger partial charge in [0.05, 0.1) is 6.04 Å². The molecule has 17 heavy (non-hydrogen) atoms. The van der Waals surface area contributed by atoms with Crippen LogP contribution in [0, 0.1) is 5.92 Å². The number of nitrogens with zero attached hydrogens (tertiary/aromatic N) is 1. The van der Waals surface area contributed by atoms with E-state index >= 15 is 0 Å². The van der Waals surface area contributed by atoms with Crippen LogP contribution in [0.2, 0.25) is 0 Å². The second kappa shape index (κ2) is 5.12. The van der Waals surface area contributed by atoms with E-state index in [1.165, 1.54) is 0 Å². The molecule has 1 aliphatic rings. The Labute approximate surface area is 100 Å². The van der Waals surface area contributed by atoms with Crippen LogP contribution in [0.5, 0.6) is 0 Å². The van der Waals surface area contributed by atoms with Gasteiger partial charge in [-0.25, -0.2) is 4.79 Å². The summed E-state index contributed by atoms with van der Waals surface area (Å²) >= 11 is 0. The smallest absolute Gasteiger partial charge is 0.334 e. The fourth-order valence-corrected chi connectivity index (χ4v) is 2.30. The number of nitrogens with two attached hydrogens (primary N) is 1. The van der Waals surface area contributed by atoms with Crippen molar-refractivity contribution in [1.82, 2.24) is 5.06 Å². The van der Waals surface area contributed by atoms with Gasteiger partial charge >= 0.3 is 5.97 Å². The van der Waals surface area contributed by atoms with Gasteiger partial charge in [0.25, 0.3) is 0 Å². The number of aliphatic carboxylic acids is 1. The highest BCUT2D eigenvalue weighted by molar-refractivity contribution is 6.10. The Bertz CT molecular complexity index is 319. The van der Waals surface area contributed by atoms with Gasteiger partial charge in [-0.15, -0.1) is 0 Å². The van der Waals surface area contributed by atoms with Crippen molar-refractivity contribution in [1.29, 1.82) is 0 Å². The standard InChI is InChI=1S/C11H20N2O4/c1-7(2)6-8(12)9(14)11(10(15)16)4-3-5-13(11)17/h7-8,17H,3-6,12H2,1-2H3,(H,15,16). The third kappa shape index (κ3) is 2.48. The zero-order valence-corrected chi connectivity index (χ0v) is 10.2. The lowest BCUT2D eigenvalue weighted by Gasteiger charge is -2.31. The summed E-state index contributed by atoms with van der Waals surface area (Å²) in [6, 6.07) is -0.848. The zero-order valence-electron chi connectivity index (χ0n) is 10.2. The quantitative estimate of drug-likeness (QED) is 0.598. The van der Waals surface area contributed by atoms with Crippen LogP contribution in [-0.4, -0.2) is 45.3 Å². The van der Waals surface area contributed by atoms with Crippen LogP contribution in [0.3, 0.4) is 0 Å². The molecular formula is C11H20N2O4. The second-order valence-electron chi connectivity index (χ2n) is 4.99. The van der Waals surface area contributed by atoms with E-state index in [9.17, 15) is 19.9 Å². The molecule has 98 valence electrons. The van der Waals surface area contributed by atoms with Crippen molar-refractivity contribution in [3.8, 4) is 0 Å². The van der Waals surface area contributed by atoms with Crippen LogP contribution < -0.4 is 5.73 Å². The molecule has 0 radical (unpaired) electrons. The molecule has 0 saturated carbocycles. The van der Waals surface area contributed by atoms with Crippen LogP contribution in [-0.2, 0) is 9.59 Å². The lowest BCUT2D eigenvalue weighted by molar-refractivity contribution is -0.188. The van der Waals surface area contributed by atoms with E-state index in [2.05, 4.69) is 0 Å². The summed E-state index contributed by atoms with van der Waals surface area (Å²) in [5, 5.41) is 19.5. The fraction of sp³-hybridized carbons (Fsp3) is 0.818. The molecule has 0 bridgehead atoms. The maximum atomic E-state index is 12.1. The SMILES string of the molecule is CC(C)CC(N)C(=O)C1(C(=O)O)CCCN1O. The predicted molar refractivity (Wildman–Crippen MR) is 60.5 cm³/mol. The Balaban J connectivity index is 2.93. The summed E-state index contributed by atoms with van der Waals surface area (Å²) in [6.07, 6.45) is 1.01. The molecule has 0 amide bonds. The van der Waals surface area contributed by atoms with E-state index in [1.54, 1.807) is 0 Å². The summed E-state index contributed by atoms with van der Waals surface area (Å²) in [4.78, 5) is 23.4. The van der Waals surface area contributed by atoms with Crippen LogP contribution in [0.4, 0.5) is 0 Å². The Hall–Kier alpha value is -0.980. The molecule has 6 heteroatoms. The average molecular weight is 244 g/mol. The van der Waals surface area contributed by atoms with E-state index in [0.717, 1.165) is 0 Å². The molecule has 2 unspecified atom stereocenters. The first-order chi connectivity index (χ1) is 7.82. The lowest BCUT2D eigenvalue weighted by atomic mass is 9.85. The largest absolute Gasteiger partial charge is 0.479 e. The average Bonchev–Trinajstić information content (AvgIpc) is 2.58. The van der Waals surface area contributed by atoms with Gasteiger partial charge < -0.3 is 16.0 Å². The second-order valence-corrected chi connectivity index (χ2v) is 4.99. The number of hydroxylamine groups is 2. The van der Waals surface area contributed by atoms with Gasteiger partial charge in [0, 0.05) is 6.54 Å². The Morgan fingerprint density at radius 2 is 2.06 bits per heavy atom. The first kappa shape index (κ1) is 14.1. The molecule has 2 atom stereocenters. The fourth-order valence-electron chi connectivity index (χ4n) is 2.30. The van der Waals surface area contributed by atoms with Crippen molar-refractivity contribution >= 4 is 11.8 Å². The summed E-state index contributed by atoms with van der Waals surface area (Å²) in [6.45, 7) is 4.00. The number of hydrogen-bond donors (Lipinski definition) is 3. The molecule has 1 saturated heterocycles. The van der Waals surface area contributed by atoms with E-state index in [0.29, 0.717) is 17.9 Å². The minimum absolute atomic E-state index is 0.115. The van der Waals surface area contributed by atoms with Gasteiger partial charge in [0.1, 0.15) is 0 Å². The number of Topliss-reactive ketones (excluding diaryl/α,β-unsaturated/α-hetero) is 1. The van der Waals surface area contributed by atoms with Crippen molar-refractivity contribution in [2.24, 2.45) is 11.7 Å². The minimum Gasteiger partial charge on any atom is -0.479 e. The third-order valence-electron chi connectivity index (χ3n) is 3.17. The van der Waals surface area contributed by atoms with Crippen LogP contribution in [0.15, 0.2) is 0 Å². The summed E-state index contributed by atoms with van der Waals surface area (Å²) in [5.74, 6) is -1.71. The summed E-state index contributed by atoms with van der Waals surface area (Å²) < 4.78 is 0. The predicted octanol–water partition coefficient (Wildman–Crippen LogP) is 0.237. The number of ketones is 1. The third-order valence-corrected chi connectivity index (χ3v) is 3.17. The molecule has 0 aromatic carbocycles. The van der Waals surface area contributed by atoms with Crippen LogP contribution in [0.25, 0.3) is 0 Å². The van der Waals surface area contributed by atoms with Gasteiger partial charge in [0.2, 0.25) is 5.54 Å². The van der Waals surface area contributed by atoms with Crippen molar-refractivity contribution in [3.05, 3.63) is 0 Å². The molecule has 1 rings (SSSR count). The number of carboxylic acid groups (broad SMARTS) is 1. The topological polar surface area (TPSA) is 104 Å². The maximum Gasteiger partial charge on any atom is 0.334 e. The Kier molecular flexibility index (Phi) is 4.24. The first-order valence-electron chi connectivity index (χ1n) is 5.82. The molecule has 0 spiro atoms. The molecule has 4 N–H and O–H groups in total. The molecule has 0 aromatic heterocycles. The first-order valence-corrected chi connectivity index (χ1v) is 5.82. The van der Waals surface area contributed by atoms with Crippen LogP contribution >= 0.6 is 0 Å². The highest BCUT2D eigenvalue weighted by Gasteiger charge is 2.55. The molecule has 1 fully saturated rings. The number of carboxylic acids is 1. The van der Waals surface area contributed by atoms with Crippen LogP contribution in [0.1, 0.15) is 33.1 Å². The minimum atomic E-state index is -1.84. The van der Waals surface area contributed by atoms with Gasteiger partial charge in [-0.3, -0.25) is 4.79 Å². The zero-order chi connectivity index (χ0) is 13.2. The maximum absolute atomic E-state index is 12.1. The highest BCUT2D eigenvalue weighted by atomic mass is 16.5. The Morgan fingerprint density at radius 1 is 1.47 bits per heavy atom. The van der Waals surface area contributed by atoms with Crippen molar-refractivity contribution < 1.29 is 19.9 Å². The van der Waals surface area contributed by atoms with E-state index in [-0.39, 0.29) is 18.9 Å². The molecule has 6 nitrogen and oxygen atoms in total. The van der Waals surface area contributed by atoms with E-state index in [1.807, 2.05) is 13.8 Å². The molecule has 0 aliphatic carbocycles.